The Kier molecular flexibility index (Phi) is 4.27. The van der Waals surface area contributed by atoms with Crippen LogP contribution in [0.2, 0.25) is 0 Å². The van der Waals surface area contributed by atoms with Crippen LogP contribution >= 0.6 is 0 Å². The molecule has 176 valence electrons. The maximum absolute atomic E-state index is 13.8. The van der Waals surface area contributed by atoms with Gasteiger partial charge in [-0.15, -0.1) is 0 Å². The minimum absolute atomic E-state index is 0.264. The molecule has 0 spiro atoms. The van der Waals surface area contributed by atoms with Gasteiger partial charge in [-0.25, -0.2) is 0 Å². The average molecular weight is 482 g/mol. The molecule has 5 aromatic carbocycles. The third-order valence-corrected chi connectivity index (χ3v) is 7.27. The van der Waals surface area contributed by atoms with E-state index in [9.17, 15) is 19.2 Å². The topological polar surface area (TPSA) is 74.8 Å². The molecule has 37 heavy (non-hydrogen) atoms. The van der Waals surface area contributed by atoms with Gasteiger partial charge in [-0.05, 0) is 58.7 Å². The van der Waals surface area contributed by atoms with Crippen molar-refractivity contribution in [1.82, 2.24) is 10.0 Å². The van der Waals surface area contributed by atoms with Crippen LogP contribution in [0.25, 0.3) is 32.7 Å². The number of hydrazine groups is 1. The van der Waals surface area contributed by atoms with Gasteiger partial charge in [0.1, 0.15) is 0 Å². The number of aryl methyl sites for hydroxylation is 1. The zero-order chi connectivity index (χ0) is 25.4. The second-order valence-electron chi connectivity index (χ2n) is 9.26. The molecule has 0 fully saturated rings. The summed E-state index contributed by atoms with van der Waals surface area (Å²) >= 11 is 0. The molecule has 0 unspecified atom stereocenters. The fraction of sp³-hybridized carbons (Fsp3) is 0.0323. The number of nitrogens with zero attached hydrogens (tertiary/aromatic N) is 2. The highest BCUT2D eigenvalue weighted by Gasteiger charge is 2.45. The highest BCUT2D eigenvalue weighted by molar-refractivity contribution is 6.31. The van der Waals surface area contributed by atoms with E-state index in [1.165, 1.54) is 0 Å². The van der Waals surface area contributed by atoms with Crippen molar-refractivity contribution in [3.8, 4) is 11.1 Å². The van der Waals surface area contributed by atoms with E-state index in [1.54, 1.807) is 42.5 Å². The Balaban J connectivity index is 1.42. The molecule has 6 nitrogen and oxygen atoms in total. The molecule has 5 aromatic rings. The minimum Gasteiger partial charge on any atom is -0.267 e. The molecule has 0 bridgehead atoms. The van der Waals surface area contributed by atoms with E-state index >= 15 is 0 Å². The van der Waals surface area contributed by atoms with Crippen molar-refractivity contribution in [2.45, 2.75) is 6.92 Å². The Morgan fingerprint density at radius 1 is 0.432 bits per heavy atom. The summed E-state index contributed by atoms with van der Waals surface area (Å²) in [6, 6.07) is 27.0. The molecule has 4 amide bonds. The third kappa shape index (κ3) is 2.75. The van der Waals surface area contributed by atoms with Gasteiger partial charge in [-0.3, -0.25) is 19.2 Å². The number of hydrogen-bond acceptors (Lipinski definition) is 4. The first kappa shape index (κ1) is 21.2. The average Bonchev–Trinajstić information content (AvgIpc) is 2.92. The standard InChI is InChI=1S/C31H18N2O4/c1-17-7-2-3-10-19(17)20-15-16-25-27-21(20)11-6-14-24(27)30(36)33(31(25)37)32-28(34)22-12-4-8-18-9-5-13-23(26(18)22)29(32)35/h2-16H,1H3. The Bertz CT molecular complexity index is 1820. The van der Waals surface area contributed by atoms with E-state index in [4.69, 9.17) is 0 Å². The van der Waals surface area contributed by atoms with Crippen LogP contribution in [0.3, 0.4) is 0 Å². The van der Waals surface area contributed by atoms with Gasteiger partial charge >= 0.3 is 0 Å². The Morgan fingerprint density at radius 2 is 0.892 bits per heavy atom. The van der Waals surface area contributed by atoms with Crippen LogP contribution in [0.5, 0.6) is 0 Å². The van der Waals surface area contributed by atoms with E-state index in [-0.39, 0.29) is 22.3 Å². The fourth-order valence-electron chi connectivity index (χ4n) is 5.57. The fourth-order valence-corrected chi connectivity index (χ4v) is 5.57. The number of carbonyl (C=O) groups excluding carboxylic acids is 4. The van der Waals surface area contributed by atoms with Crippen molar-refractivity contribution >= 4 is 45.2 Å². The van der Waals surface area contributed by atoms with E-state index in [1.807, 2.05) is 55.5 Å². The van der Waals surface area contributed by atoms with Crippen molar-refractivity contribution < 1.29 is 19.2 Å². The Morgan fingerprint density at radius 3 is 1.49 bits per heavy atom. The van der Waals surface area contributed by atoms with Crippen LogP contribution in [-0.4, -0.2) is 33.6 Å². The molecular formula is C31H18N2O4. The van der Waals surface area contributed by atoms with Crippen molar-refractivity contribution in [3.63, 3.8) is 0 Å². The van der Waals surface area contributed by atoms with Gasteiger partial charge in [-0.2, -0.15) is 10.0 Å². The van der Waals surface area contributed by atoms with Crippen LogP contribution in [0.1, 0.15) is 47.0 Å². The van der Waals surface area contributed by atoms with Gasteiger partial charge < -0.3 is 0 Å². The van der Waals surface area contributed by atoms with E-state index in [0.29, 0.717) is 20.8 Å². The number of benzene rings is 5. The van der Waals surface area contributed by atoms with Gasteiger partial charge in [0.15, 0.2) is 0 Å². The molecule has 0 saturated heterocycles. The summed E-state index contributed by atoms with van der Waals surface area (Å²) in [5.74, 6) is -2.83. The van der Waals surface area contributed by atoms with Crippen LogP contribution in [0.4, 0.5) is 0 Å². The smallest absolute Gasteiger partial charge is 0.267 e. The maximum atomic E-state index is 13.8. The Hall–Kier alpha value is -5.10. The minimum atomic E-state index is -0.710. The van der Waals surface area contributed by atoms with E-state index < -0.39 is 23.6 Å². The predicted molar refractivity (Wildman–Crippen MR) is 139 cm³/mol. The summed E-state index contributed by atoms with van der Waals surface area (Å²) < 4.78 is 0. The lowest BCUT2D eigenvalue weighted by atomic mass is 9.88. The van der Waals surface area contributed by atoms with Gasteiger partial charge in [0, 0.05) is 10.8 Å². The molecule has 7 rings (SSSR count). The maximum Gasteiger partial charge on any atom is 0.281 e. The predicted octanol–water partition coefficient (Wildman–Crippen LogP) is 5.78. The summed E-state index contributed by atoms with van der Waals surface area (Å²) in [4.78, 5) is 54.9. The normalized spacial score (nSPS) is 14.7. The van der Waals surface area contributed by atoms with Gasteiger partial charge in [0.05, 0.1) is 22.3 Å². The first-order valence-corrected chi connectivity index (χ1v) is 11.9. The molecule has 6 heteroatoms. The highest BCUT2D eigenvalue weighted by atomic mass is 16.2. The summed E-state index contributed by atoms with van der Waals surface area (Å²) in [6.07, 6.45) is 0. The molecule has 2 heterocycles. The number of amides is 4. The van der Waals surface area contributed by atoms with Crippen molar-refractivity contribution in [2.24, 2.45) is 0 Å². The number of hydrogen-bond donors (Lipinski definition) is 0. The van der Waals surface area contributed by atoms with Crippen molar-refractivity contribution in [1.29, 1.82) is 0 Å². The van der Waals surface area contributed by atoms with Crippen molar-refractivity contribution in [2.75, 3.05) is 0 Å². The summed E-state index contributed by atoms with van der Waals surface area (Å²) in [5, 5.41) is 3.94. The lowest BCUT2D eigenvalue weighted by Gasteiger charge is -2.37. The number of rotatable bonds is 2. The van der Waals surface area contributed by atoms with Crippen LogP contribution in [0.15, 0.2) is 91.0 Å². The first-order chi connectivity index (χ1) is 18.0. The number of carbonyl (C=O) groups is 4. The lowest BCUT2D eigenvalue weighted by Crippen LogP contribution is -2.58. The van der Waals surface area contributed by atoms with Crippen LogP contribution < -0.4 is 0 Å². The zero-order valence-corrected chi connectivity index (χ0v) is 19.7. The van der Waals surface area contributed by atoms with Crippen molar-refractivity contribution in [3.05, 3.63) is 119 Å². The summed E-state index contributed by atoms with van der Waals surface area (Å²) in [5.41, 5.74) is 4.04. The first-order valence-electron chi connectivity index (χ1n) is 11.9. The van der Waals surface area contributed by atoms with Crippen LogP contribution in [0, 0.1) is 6.92 Å². The van der Waals surface area contributed by atoms with E-state index in [0.717, 1.165) is 27.5 Å². The number of imide groups is 2. The quantitative estimate of drug-likeness (QED) is 0.299. The molecular weight excluding hydrogens is 464 g/mol. The molecule has 2 aliphatic heterocycles. The molecule has 0 aromatic heterocycles. The molecule has 2 aliphatic rings. The Labute approximate surface area is 211 Å². The monoisotopic (exact) mass is 482 g/mol. The van der Waals surface area contributed by atoms with E-state index in [2.05, 4.69) is 0 Å². The van der Waals surface area contributed by atoms with Gasteiger partial charge in [0.2, 0.25) is 0 Å². The molecule has 0 radical (unpaired) electrons. The SMILES string of the molecule is Cc1ccccc1-c1ccc2c3c(cccc13)C(=O)N(N1C(=O)c3cccc4cccc(c34)C1=O)C2=O. The van der Waals surface area contributed by atoms with Gasteiger partial charge in [0.25, 0.3) is 23.6 Å². The highest BCUT2D eigenvalue weighted by Crippen LogP contribution is 2.39. The molecule has 0 saturated carbocycles. The second-order valence-corrected chi connectivity index (χ2v) is 9.26. The summed E-state index contributed by atoms with van der Waals surface area (Å²) in [7, 11) is 0. The van der Waals surface area contributed by atoms with Crippen LogP contribution in [-0.2, 0) is 0 Å². The molecule has 0 atom stereocenters. The molecule has 0 aliphatic carbocycles. The third-order valence-electron chi connectivity index (χ3n) is 7.27. The lowest BCUT2D eigenvalue weighted by molar-refractivity contribution is 0.00212. The molecule has 0 N–H and O–H groups in total. The zero-order valence-electron chi connectivity index (χ0n) is 19.7. The largest absolute Gasteiger partial charge is 0.281 e. The van der Waals surface area contributed by atoms with Gasteiger partial charge in [-0.1, -0.05) is 66.7 Å². The summed E-state index contributed by atoms with van der Waals surface area (Å²) in [6.45, 7) is 2.01. The second kappa shape index (κ2) is 7.45.